The van der Waals surface area contributed by atoms with Crippen molar-refractivity contribution in [3.8, 4) is 0 Å². The third-order valence-electron chi connectivity index (χ3n) is 5.84. The van der Waals surface area contributed by atoms with E-state index in [1.165, 1.54) is 38.5 Å². The number of unbranched alkanes of at least 4 members (excludes halogenated alkanes) is 7. The zero-order valence-electron chi connectivity index (χ0n) is 21.7. The van der Waals surface area contributed by atoms with E-state index in [-0.39, 0.29) is 5.91 Å². The number of hydrogen-bond acceptors (Lipinski definition) is 5. The monoisotopic (exact) mass is 477 g/mol. The molecule has 0 saturated heterocycles. The number of carbonyl (C=O) groups excluding carboxylic acids is 1. The van der Waals surface area contributed by atoms with Gasteiger partial charge in [-0.05, 0) is 49.7 Å². The van der Waals surface area contributed by atoms with Gasteiger partial charge in [0.2, 0.25) is 0 Å². The molecule has 0 aliphatic rings. The molecular formula is C29H43N5O. The minimum Gasteiger partial charge on any atom is -0.385 e. The van der Waals surface area contributed by atoms with Crippen LogP contribution in [0.25, 0.3) is 10.9 Å². The summed E-state index contributed by atoms with van der Waals surface area (Å²) in [5.74, 6) is -0.163. The summed E-state index contributed by atoms with van der Waals surface area (Å²) in [4.78, 5) is 17.0. The summed E-state index contributed by atoms with van der Waals surface area (Å²) in [6, 6.07) is 16.0. The maximum atomic E-state index is 12.5. The summed E-state index contributed by atoms with van der Waals surface area (Å²) in [5.41, 5.74) is 9.65. The van der Waals surface area contributed by atoms with E-state index < -0.39 is 0 Å². The van der Waals surface area contributed by atoms with Gasteiger partial charge in [-0.2, -0.15) is 0 Å². The predicted octanol–water partition coefficient (Wildman–Crippen LogP) is 6.86. The van der Waals surface area contributed by atoms with Crippen LogP contribution in [0, 0.1) is 0 Å². The number of nitrogens with two attached hydrogens (primary N) is 1. The molecule has 0 saturated carbocycles. The first-order valence-corrected chi connectivity index (χ1v) is 13.1. The summed E-state index contributed by atoms with van der Waals surface area (Å²) in [6.45, 7) is 5.75. The van der Waals surface area contributed by atoms with Gasteiger partial charge in [0.05, 0.1) is 16.8 Å². The van der Waals surface area contributed by atoms with Gasteiger partial charge in [0.25, 0.3) is 5.91 Å². The van der Waals surface area contributed by atoms with Crippen molar-refractivity contribution in [1.29, 1.82) is 0 Å². The van der Waals surface area contributed by atoms with Gasteiger partial charge in [0.1, 0.15) is 0 Å². The number of nitrogens with one attached hydrogen (secondary N) is 3. The van der Waals surface area contributed by atoms with Gasteiger partial charge in [0.15, 0.2) is 0 Å². The molecule has 5 N–H and O–H groups in total. The molecule has 3 rings (SSSR count). The van der Waals surface area contributed by atoms with Gasteiger partial charge < -0.3 is 21.7 Å². The number of aromatic nitrogens is 1. The van der Waals surface area contributed by atoms with E-state index in [1.54, 1.807) is 13.2 Å². The molecule has 35 heavy (non-hydrogen) atoms. The largest absolute Gasteiger partial charge is 0.385 e. The van der Waals surface area contributed by atoms with Crippen LogP contribution in [0.1, 0.15) is 75.6 Å². The highest BCUT2D eigenvalue weighted by atomic mass is 16.1. The van der Waals surface area contributed by atoms with Crippen molar-refractivity contribution in [2.45, 2.75) is 65.2 Å². The van der Waals surface area contributed by atoms with Crippen molar-refractivity contribution in [2.75, 3.05) is 30.8 Å². The Morgan fingerprint density at radius 3 is 2.17 bits per heavy atom. The standard InChI is InChI=1S/C27H37N5O.C2H6/c1-29-27(33)24-20-31-25-16-15-22(30-18-12-7-5-3-2-4-6-11-17-28)19-23(25)26(24)32-21-13-9-8-10-14-21;1-2/h8-10,13-16,19-20,30H,2-7,11-12,17-18,28H2,1H3,(H,29,33)(H,31,32);1-2H3. The predicted molar refractivity (Wildman–Crippen MR) is 151 cm³/mol. The molecule has 0 fully saturated rings. The number of amides is 1. The zero-order chi connectivity index (χ0) is 25.3. The van der Waals surface area contributed by atoms with Crippen molar-refractivity contribution in [3.63, 3.8) is 0 Å². The third kappa shape index (κ3) is 9.21. The molecule has 6 heteroatoms. The Hall–Kier alpha value is -3.12. The van der Waals surface area contributed by atoms with Crippen LogP contribution in [0.3, 0.4) is 0 Å². The van der Waals surface area contributed by atoms with Crippen LogP contribution in [0.15, 0.2) is 54.7 Å². The van der Waals surface area contributed by atoms with Crippen LogP contribution >= 0.6 is 0 Å². The number of pyridine rings is 1. The first-order chi connectivity index (χ1) is 17.2. The molecule has 1 amide bonds. The number of para-hydroxylation sites is 1. The molecule has 0 aliphatic carbocycles. The molecule has 0 aliphatic heterocycles. The molecule has 190 valence electrons. The molecule has 1 heterocycles. The minimum atomic E-state index is -0.163. The molecule has 0 atom stereocenters. The van der Waals surface area contributed by atoms with Gasteiger partial charge >= 0.3 is 0 Å². The van der Waals surface area contributed by atoms with Crippen LogP contribution in [-0.4, -0.2) is 31.0 Å². The first-order valence-electron chi connectivity index (χ1n) is 13.1. The lowest BCUT2D eigenvalue weighted by Crippen LogP contribution is -2.19. The molecule has 0 bridgehead atoms. The van der Waals surface area contributed by atoms with Crippen molar-refractivity contribution >= 4 is 33.9 Å². The summed E-state index contributed by atoms with van der Waals surface area (Å²) >= 11 is 0. The van der Waals surface area contributed by atoms with Crippen LogP contribution in [0.4, 0.5) is 17.1 Å². The number of nitrogens with zero attached hydrogens (tertiary/aromatic N) is 1. The van der Waals surface area contributed by atoms with Crippen molar-refractivity contribution < 1.29 is 4.79 Å². The second-order valence-electron chi connectivity index (χ2n) is 8.39. The first kappa shape index (κ1) is 28.1. The molecule has 0 radical (unpaired) electrons. The summed E-state index contributed by atoms with van der Waals surface area (Å²) in [6.07, 6.45) is 11.6. The maximum Gasteiger partial charge on any atom is 0.254 e. The van der Waals surface area contributed by atoms with E-state index in [1.807, 2.05) is 50.2 Å². The fourth-order valence-corrected chi connectivity index (χ4v) is 3.97. The van der Waals surface area contributed by atoms with Gasteiger partial charge in [-0.15, -0.1) is 0 Å². The van der Waals surface area contributed by atoms with E-state index >= 15 is 0 Å². The zero-order valence-corrected chi connectivity index (χ0v) is 21.7. The minimum absolute atomic E-state index is 0.163. The Balaban J connectivity index is 0.00000210. The summed E-state index contributed by atoms with van der Waals surface area (Å²) < 4.78 is 0. The van der Waals surface area contributed by atoms with E-state index in [9.17, 15) is 4.79 Å². The molecule has 1 aromatic heterocycles. The van der Waals surface area contributed by atoms with Crippen LogP contribution in [-0.2, 0) is 0 Å². The number of carbonyl (C=O) groups is 1. The average molecular weight is 478 g/mol. The van der Waals surface area contributed by atoms with Gasteiger partial charge in [-0.1, -0.05) is 70.6 Å². The van der Waals surface area contributed by atoms with Gasteiger partial charge in [0, 0.05) is 36.6 Å². The highest BCUT2D eigenvalue weighted by molar-refractivity contribution is 6.08. The van der Waals surface area contributed by atoms with E-state index in [4.69, 9.17) is 5.73 Å². The summed E-state index contributed by atoms with van der Waals surface area (Å²) in [7, 11) is 1.64. The number of hydrogen-bond donors (Lipinski definition) is 4. The Morgan fingerprint density at radius 2 is 1.51 bits per heavy atom. The number of anilines is 3. The highest BCUT2D eigenvalue weighted by Gasteiger charge is 2.15. The van der Waals surface area contributed by atoms with Crippen LogP contribution in [0.2, 0.25) is 0 Å². The number of benzene rings is 2. The summed E-state index contributed by atoms with van der Waals surface area (Å²) in [5, 5.41) is 10.6. The molecule has 0 spiro atoms. The van der Waals surface area contributed by atoms with Gasteiger partial charge in [-0.25, -0.2) is 0 Å². The van der Waals surface area contributed by atoms with Crippen molar-refractivity contribution in [2.24, 2.45) is 5.73 Å². The average Bonchev–Trinajstić information content (AvgIpc) is 2.91. The number of rotatable bonds is 14. The maximum absolute atomic E-state index is 12.5. The Labute approximate surface area is 211 Å². The Bertz CT molecular complexity index is 1010. The van der Waals surface area contributed by atoms with Crippen molar-refractivity contribution in [1.82, 2.24) is 10.3 Å². The molecule has 2 aromatic carbocycles. The van der Waals surface area contributed by atoms with E-state index in [0.29, 0.717) is 5.56 Å². The van der Waals surface area contributed by atoms with Crippen molar-refractivity contribution in [3.05, 3.63) is 60.3 Å². The quantitative estimate of drug-likeness (QED) is 0.190. The topological polar surface area (TPSA) is 92.1 Å². The fourth-order valence-electron chi connectivity index (χ4n) is 3.97. The lowest BCUT2D eigenvalue weighted by Gasteiger charge is -2.15. The van der Waals surface area contributed by atoms with Gasteiger partial charge in [-0.3, -0.25) is 9.78 Å². The van der Waals surface area contributed by atoms with Crippen LogP contribution < -0.4 is 21.7 Å². The lowest BCUT2D eigenvalue weighted by molar-refractivity contribution is 0.0963. The normalized spacial score (nSPS) is 10.4. The second-order valence-corrected chi connectivity index (χ2v) is 8.39. The molecule has 0 unspecified atom stereocenters. The molecule has 6 nitrogen and oxygen atoms in total. The van der Waals surface area contributed by atoms with E-state index in [2.05, 4.69) is 33.1 Å². The smallest absolute Gasteiger partial charge is 0.254 e. The fraction of sp³-hybridized carbons (Fsp3) is 0.448. The Kier molecular flexibility index (Phi) is 13.3. The molecular weight excluding hydrogens is 434 g/mol. The van der Waals surface area contributed by atoms with E-state index in [0.717, 1.165) is 53.9 Å². The lowest BCUT2D eigenvalue weighted by atomic mass is 10.1. The molecule has 3 aromatic rings. The number of fused-ring (bicyclic) bond motifs is 1. The highest BCUT2D eigenvalue weighted by Crippen LogP contribution is 2.31. The van der Waals surface area contributed by atoms with Crippen LogP contribution in [0.5, 0.6) is 0 Å². The Morgan fingerprint density at radius 1 is 0.857 bits per heavy atom. The second kappa shape index (κ2) is 16.5. The third-order valence-corrected chi connectivity index (χ3v) is 5.84. The SMILES string of the molecule is CC.CNC(=O)c1cnc2ccc(NCCCCCCCCCCN)cc2c1Nc1ccccc1.